The third-order valence-electron chi connectivity index (χ3n) is 4.34. The van der Waals surface area contributed by atoms with E-state index in [2.05, 4.69) is 15.8 Å². The lowest BCUT2D eigenvalue weighted by Crippen LogP contribution is -2.30. The molecule has 0 unspecified atom stereocenters. The molecule has 0 fully saturated rings. The maximum absolute atomic E-state index is 12.3. The van der Waals surface area contributed by atoms with Crippen LogP contribution in [0.25, 0.3) is 0 Å². The Morgan fingerprint density at radius 3 is 2.53 bits per heavy atom. The number of ether oxygens (including phenoxy) is 3. The molecule has 1 heterocycles. The largest absolute Gasteiger partial charge is 0.465 e. The van der Waals surface area contributed by atoms with Crippen LogP contribution in [0.5, 0.6) is 11.5 Å². The summed E-state index contributed by atoms with van der Waals surface area (Å²) in [6.45, 7) is 2.36. The molecule has 2 aromatic rings. The summed E-state index contributed by atoms with van der Waals surface area (Å²) < 4.78 is 16.2. The molecule has 2 amide bonds. The molecule has 1 aliphatic heterocycles. The Kier molecular flexibility index (Phi) is 6.74. The van der Waals surface area contributed by atoms with Crippen molar-refractivity contribution in [1.29, 1.82) is 0 Å². The molecule has 158 valence electrons. The Morgan fingerprint density at radius 1 is 1.17 bits per heavy atom. The molecule has 0 saturated carbocycles. The number of urea groups is 1. The van der Waals surface area contributed by atoms with Crippen LogP contribution in [0, 0.1) is 0 Å². The van der Waals surface area contributed by atoms with E-state index in [-0.39, 0.29) is 19.2 Å². The molecule has 0 aliphatic carbocycles. The molecule has 9 heteroatoms. The quantitative estimate of drug-likeness (QED) is 0.277. The molecule has 0 spiro atoms. The molecule has 0 aromatic heterocycles. The molecular formula is C21H24N4O5. The lowest BCUT2D eigenvalue weighted by molar-refractivity contribution is -0.142. The lowest BCUT2D eigenvalue weighted by atomic mass is 9.95. The van der Waals surface area contributed by atoms with Crippen LogP contribution in [0.3, 0.4) is 0 Å². The smallest absolute Gasteiger partial charge is 0.334 e. The summed E-state index contributed by atoms with van der Waals surface area (Å²) in [5.41, 5.74) is 11.2. The Labute approximate surface area is 174 Å². The summed E-state index contributed by atoms with van der Waals surface area (Å²) in [4.78, 5) is 24.0. The predicted molar refractivity (Wildman–Crippen MR) is 112 cm³/mol. The standard InChI is InChI=1S/C21H24N4O5/c1-3-8-28-19(26)10-14-9-17-18(30-12-29-17)11-16(14)20(24-25-21(27)23-2)13-4-6-15(22)7-5-13/h4-7,9,11H,3,8,10,12,22H2,1-2H3,(H2,23,25,27)/b24-20+. The Balaban J connectivity index is 2.07. The van der Waals surface area contributed by atoms with Gasteiger partial charge < -0.3 is 25.3 Å². The van der Waals surface area contributed by atoms with Crippen LogP contribution >= 0.6 is 0 Å². The van der Waals surface area contributed by atoms with Crippen molar-refractivity contribution in [2.24, 2.45) is 5.10 Å². The van der Waals surface area contributed by atoms with Crippen LogP contribution in [0.2, 0.25) is 0 Å². The van der Waals surface area contributed by atoms with Crippen molar-refractivity contribution >= 4 is 23.4 Å². The number of anilines is 1. The normalized spacial score (nSPS) is 12.4. The van der Waals surface area contributed by atoms with E-state index in [0.29, 0.717) is 46.2 Å². The first-order valence-corrected chi connectivity index (χ1v) is 9.51. The fourth-order valence-corrected chi connectivity index (χ4v) is 2.86. The number of amides is 2. The van der Waals surface area contributed by atoms with Crippen molar-refractivity contribution in [1.82, 2.24) is 10.7 Å². The number of carbonyl (C=O) groups excluding carboxylic acids is 2. The highest BCUT2D eigenvalue weighted by molar-refractivity contribution is 6.14. The number of hydrazone groups is 1. The molecule has 2 aromatic carbocycles. The molecule has 9 nitrogen and oxygen atoms in total. The first-order valence-electron chi connectivity index (χ1n) is 9.51. The van der Waals surface area contributed by atoms with Crippen LogP contribution in [0.4, 0.5) is 10.5 Å². The van der Waals surface area contributed by atoms with Gasteiger partial charge >= 0.3 is 12.0 Å². The van der Waals surface area contributed by atoms with Crippen LogP contribution < -0.4 is 25.9 Å². The Morgan fingerprint density at radius 2 is 1.87 bits per heavy atom. The van der Waals surface area contributed by atoms with Gasteiger partial charge in [0.05, 0.1) is 18.7 Å². The number of esters is 1. The highest BCUT2D eigenvalue weighted by Gasteiger charge is 2.23. The van der Waals surface area contributed by atoms with Gasteiger partial charge in [0.1, 0.15) is 0 Å². The fourth-order valence-electron chi connectivity index (χ4n) is 2.86. The zero-order valence-electron chi connectivity index (χ0n) is 16.9. The van der Waals surface area contributed by atoms with Crippen molar-refractivity contribution in [2.45, 2.75) is 19.8 Å². The molecule has 0 bridgehead atoms. The number of fused-ring (bicyclic) bond motifs is 1. The van der Waals surface area contributed by atoms with Gasteiger partial charge in [0.15, 0.2) is 11.5 Å². The Bertz CT molecular complexity index is 957. The van der Waals surface area contributed by atoms with E-state index < -0.39 is 6.03 Å². The molecule has 4 N–H and O–H groups in total. The monoisotopic (exact) mass is 412 g/mol. The first-order chi connectivity index (χ1) is 14.5. The SMILES string of the molecule is CCCOC(=O)Cc1cc2c(cc1/C(=N/NC(=O)NC)c1ccc(N)cc1)OCO2. The van der Waals surface area contributed by atoms with Crippen LogP contribution in [0.1, 0.15) is 30.0 Å². The fraction of sp³-hybridized carbons (Fsp3) is 0.286. The van der Waals surface area contributed by atoms with Gasteiger partial charge in [-0.2, -0.15) is 5.10 Å². The number of nitrogen functional groups attached to an aromatic ring is 1. The number of nitrogens with two attached hydrogens (primary N) is 1. The summed E-state index contributed by atoms with van der Waals surface area (Å²) in [6.07, 6.45) is 0.744. The summed E-state index contributed by atoms with van der Waals surface area (Å²) >= 11 is 0. The molecule has 1 aliphatic rings. The molecule has 3 rings (SSSR count). The molecule has 0 radical (unpaired) electrons. The van der Waals surface area contributed by atoms with Gasteiger partial charge in [-0.3, -0.25) is 4.79 Å². The van der Waals surface area contributed by atoms with Gasteiger partial charge in [0.25, 0.3) is 0 Å². The zero-order valence-corrected chi connectivity index (χ0v) is 16.9. The highest BCUT2D eigenvalue weighted by atomic mass is 16.7. The van der Waals surface area contributed by atoms with E-state index in [0.717, 1.165) is 6.42 Å². The van der Waals surface area contributed by atoms with Gasteiger partial charge in [0.2, 0.25) is 6.79 Å². The third kappa shape index (κ3) is 4.99. The predicted octanol–water partition coefficient (Wildman–Crippen LogP) is 2.17. The van der Waals surface area contributed by atoms with Gasteiger partial charge in [-0.1, -0.05) is 19.1 Å². The van der Waals surface area contributed by atoms with E-state index in [1.165, 1.54) is 7.05 Å². The average Bonchev–Trinajstić information content (AvgIpc) is 3.20. The second-order valence-corrected chi connectivity index (χ2v) is 6.53. The van der Waals surface area contributed by atoms with E-state index in [9.17, 15) is 9.59 Å². The van der Waals surface area contributed by atoms with E-state index >= 15 is 0 Å². The summed E-state index contributed by atoms with van der Waals surface area (Å²) in [6, 6.07) is 10.0. The maximum Gasteiger partial charge on any atom is 0.334 e. The van der Waals surface area contributed by atoms with Crippen LogP contribution in [-0.2, 0) is 16.0 Å². The molecule has 0 saturated heterocycles. The average molecular weight is 412 g/mol. The minimum Gasteiger partial charge on any atom is -0.465 e. The summed E-state index contributed by atoms with van der Waals surface area (Å²) in [5.74, 6) is 0.694. The van der Waals surface area contributed by atoms with E-state index in [1.807, 2.05) is 6.92 Å². The number of nitrogens with one attached hydrogen (secondary N) is 2. The number of carbonyl (C=O) groups is 2. The Hall–Kier alpha value is -3.75. The van der Waals surface area contributed by atoms with Crippen molar-refractivity contribution in [3.05, 3.63) is 53.1 Å². The van der Waals surface area contributed by atoms with Crippen LogP contribution in [0.15, 0.2) is 41.5 Å². The van der Waals surface area contributed by atoms with Crippen LogP contribution in [-0.4, -0.2) is 38.2 Å². The second-order valence-electron chi connectivity index (χ2n) is 6.53. The van der Waals surface area contributed by atoms with Gasteiger partial charge in [-0.05, 0) is 36.2 Å². The summed E-state index contributed by atoms with van der Waals surface area (Å²) in [7, 11) is 1.49. The molecular weight excluding hydrogens is 388 g/mol. The molecule has 30 heavy (non-hydrogen) atoms. The van der Waals surface area contributed by atoms with Crippen molar-refractivity contribution in [3.63, 3.8) is 0 Å². The summed E-state index contributed by atoms with van der Waals surface area (Å²) in [5, 5.41) is 6.73. The van der Waals surface area contributed by atoms with Gasteiger partial charge in [-0.25, -0.2) is 10.2 Å². The number of benzene rings is 2. The highest BCUT2D eigenvalue weighted by Crippen LogP contribution is 2.36. The topological polar surface area (TPSA) is 124 Å². The molecule has 0 atom stereocenters. The number of rotatable bonds is 7. The maximum atomic E-state index is 12.3. The first kappa shape index (κ1) is 21.0. The van der Waals surface area contributed by atoms with Crippen molar-refractivity contribution in [3.8, 4) is 11.5 Å². The van der Waals surface area contributed by atoms with Gasteiger partial charge in [0, 0.05) is 23.9 Å². The van der Waals surface area contributed by atoms with E-state index in [1.54, 1.807) is 36.4 Å². The van der Waals surface area contributed by atoms with Crippen molar-refractivity contribution in [2.75, 3.05) is 26.2 Å². The lowest BCUT2D eigenvalue weighted by Gasteiger charge is -2.14. The third-order valence-corrected chi connectivity index (χ3v) is 4.34. The van der Waals surface area contributed by atoms with Crippen molar-refractivity contribution < 1.29 is 23.8 Å². The zero-order chi connectivity index (χ0) is 21.5. The number of nitrogens with zero attached hydrogens (tertiary/aromatic N) is 1. The minimum atomic E-state index is -0.479. The van der Waals surface area contributed by atoms with Gasteiger partial charge in [-0.15, -0.1) is 0 Å². The second kappa shape index (κ2) is 9.64. The minimum absolute atomic E-state index is 0.0138. The number of hydrogen-bond acceptors (Lipinski definition) is 7. The number of hydrogen-bond donors (Lipinski definition) is 3. The van der Waals surface area contributed by atoms with E-state index in [4.69, 9.17) is 19.9 Å².